The average Bonchev–Trinajstić information content (AvgIpc) is 2.77. The Kier molecular flexibility index (Phi) is 3.24. The minimum Gasteiger partial charge on any atom is -0.266 e. The molecule has 0 aliphatic carbocycles. The van der Waals surface area contributed by atoms with E-state index in [2.05, 4.69) is 4.36 Å². The van der Waals surface area contributed by atoms with Crippen LogP contribution < -0.4 is 0 Å². The van der Waals surface area contributed by atoms with Gasteiger partial charge in [0.05, 0.1) is 15.5 Å². The summed E-state index contributed by atoms with van der Waals surface area (Å²) in [6.07, 6.45) is 1.77. The van der Waals surface area contributed by atoms with Gasteiger partial charge in [-0.15, -0.1) is 0 Å². The topological polar surface area (TPSA) is 46.5 Å². The van der Waals surface area contributed by atoms with Crippen LogP contribution in [0, 0.1) is 0 Å². The number of hydrogen-bond acceptors (Lipinski definition) is 2. The van der Waals surface area contributed by atoms with Crippen molar-refractivity contribution < 1.29 is 9.00 Å². The van der Waals surface area contributed by atoms with E-state index < -0.39 is 9.73 Å². The van der Waals surface area contributed by atoms with E-state index in [1.54, 1.807) is 30.3 Å². The highest BCUT2D eigenvalue weighted by atomic mass is 32.2. The second kappa shape index (κ2) is 5.06. The fraction of sp³-hybridized carbons (Fsp3) is 0.0625. The Balaban J connectivity index is 1.98. The van der Waals surface area contributed by atoms with E-state index in [-0.39, 0.29) is 11.7 Å². The van der Waals surface area contributed by atoms with Gasteiger partial charge in [0.1, 0.15) is 0 Å². The lowest BCUT2D eigenvalue weighted by atomic mass is 10.1. The molecule has 4 heteroatoms. The van der Waals surface area contributed by atoms with E-state index >= 15 is 0 Å². The minimum atomic E-state index is -2.64. The van der Waals surface area contributed by atoms with Crippen molar-refractivity contribution in [2.45, 2.75) is 4.90 Å². The van der Waals surface area contributed by atoms with E-state index in [0.717, 1.165) is 5.56 Å². The van der Waals surface area contributed by atoms with Crippen LogP contribution in [0.5, 0.6) is 0 Å². The molecule has 2 aromatic carbocycles. The summed E-state index contributed by atoms with van der Waals surface area (Å²) >= 11 is 0. The van der Waals surface area contributed by atoms with Crippen LogP contribution in [0.4, 0.5) is 0 Å². The number of carbonyl (C=O) groups excluding carboxylic acids is 1. The van der Waals surface area contributed by atoms with Gasteiger partial charge in [-0.1, -0.05) is 48.5 Å². The van der Waals surface area contributed by atoms with Gasteiger partial charge < -0.3 is 0 Å². The molecule has 1 aliphatic rings. The predicted molar refractivity (Wildman–Crippen MR) is 79.6 cm³/mol. The first-order chi connectivity index (χ1) is 9.67. The van der Waals surface area contributed by atoms with Gasteiger partial charge >= 0.3 is 0 Å². The summed E-state index contributed by atoms with van der Waals surface area (Å²) in [5, 5.41) is 0. The first-order valence-electron chi connectivity index (χ1n) is 6.27. The fourth-order valence-electron chi connectivity index (χ4n) is 2.12. The average molecular weight is 283 g/mol. The lowest BCUT2D eigenvalue weighted by Gasteiger charge is -2.02. The van der Waals surface area contributed by atoms with Crippen LogP contribution in [0.3, 0.4) is 0 Å². The number of rotatable bonds is 2. The lowest BCUT2D eigenvalue weighted by molar-refractivity contribution is -0.113. The third kappa shape index (κ3) is 2.42. The molecule has 0 aromatic heterocycles. The number of benzene rings is 2. The van der Waals surface area contributed by atoms with Crippen molar-refractivity contribution in [2.24, 2.45) is 4.36 Å². The van der Waals surface area contributed by atoms with Gasteiger partial charge in [-0.25, -0.2) is 4.21 Å². The third-order valence-electron chi connectivity index (χ3n) is 3.11. The highest BCUT2D eigenvalue weighted by molar-refractivity contribution is 7.94. The minimum absolute atomic E-state index is 0.185. The number of nitrogens with zero attached hydrogens (tertiary/aromatic N) is 1. The second-order valence-corrected chi connectivity index (χ2v) is 6.80. The Morgan fingerprint density at radius 3 is 2.20 bits per heavy atom. The maximum absolute atomic E-state index is 12.8. The molecule has 0 N–H and O–H groups in total. The normalized spacial score (nSPS) is 23.8. The smallest absolute Gasteiger partial charge is 0.266 e. The summed E-state index contributed by atoms with van der Waals surface area (Å²) in [6.45, 7) is 0. The van der Waals surface area contributed by atoms with Gasteiger partial charge in [0.15, 0.2) is 0 Å². The van der Waals surface area contributed by atoms with Crippen LogP contribution >= 0.6 is 0 Å². The molecule has 3 nitrogen and oxygen atoms in total. The summed E-state index contributed by atoms with van der Waals surface area (Å²) in [7, 11) is -2.64. The molecule has 20 heavy (non-hydrogen) atoms. The van der Waals surface area contributed by atoms with Crippen LogP contribution in [0.15, 0.2) is 75.5 Å². The summed E-state index contributed by atoms with van der Waals surface area (Å²) in [5.41, 5.74) is 1.42. The van der Waals surface area contributed by atoms with Crippen molar-refractivity contribution in [3.8, 4) is 0 Å². The Morgan fingerprint density at radius 1 is 0.950 bits per heavy atom. The van der Waals surface area contributed by atoms with Crippen LogP contribution in [0.25, 0.3) is 6.08 Å². The van der Waals surface area contributed by atoms with Gasteiger partial charge in [-0.3, -0.25) is 4.79 Å². The molecular formula is C16H13NO2S. The Bertz CT molecular complexity index is 786. The Labute approximate surface area is 118 Å². The molecule has 0 spiro atoms. The predicted octanol–water partition coefficient (Wildman–Crippen LogP) is 3.14. The van der Waals surface area contributed by atoms with Gasteiger partial charge in [0, 0.05) is 10.5 Å². The summed E-state index contributed by atoms with van der Waals surface area (Å²) in [5.74, 6) is -0.187. The lowest BCUT2D eigenvalue weighted by Crippen LogP contribution is -2.02. The zero-order valence-electron chi connectivity index (χ0n) is 10.7. The van der Waals surface area contributed by atoms with Crippen molar-refractivity contribution in [2.75, 3.05) is 5.75 Å². The molecule has 100 valence electrons. The van der Waals surface area contributed by atoms with Crippen molar-refractivity contribution in [3.63, 3.8) is 0 Å². The Hall–Kier alpha value is -2.20. The molecule has 3 rings (SSSR count). The largest absolute Gasteiger partial charge is 0.282 e. The molecule has 0 bridgehead atoms. The summed E-state index contributed by atoms with van der Waals surface area (Å²) < 4.78 is 16.7. The molecule has 0 fully saturated rings. The van der Waals surface area contributed by atoms with E-state index in [4.69, 9.17) is 0 Å². The van der Waals surface area contributed by atoms with Gasteiger partial charge in [-0.2, -0.15) is 4.36 Å². The van der Waals surface area contributed by atoms with E-state index in [1.807, 2.05) is 36.4 Å². The van der Waals surface area contributed by atoms with Crippen LogP contribution in [0.1, 0.15) is 5.56 Å². The first-order valence-corrected chi connectivity index (χ1v) is 7.96. The van der Waals surface area contributed by atoms with E-state index in [9.17, 15) is 9.00 Å². The van der Waals surface area contributed by atoms with Crippen LogP contribution in [-0.2, 0) is 14.5 Å². The van der Waals surface area contributed by atoms with E-state index in [1.165, 1.54) is 0 Å². The molecule has 1 atom stereocenters. The standard InChI is InChI=1S/C16H13NO2S/c18-16-14(11-13-7-3-1-4-8-13)12-20(19,17-16)15-9-5-2-6-10-15/h1-11H,12H2/b14-11+. The fourth-order valence-corrected chi connectivity index (χ4v) is 4.05. The van der Waals surface area contributed by atoms with Gasteiger partial charge in [0.25, 0.3) is 5.91 Å². The highest BCUT2D eigenvalue weighted by Crippen LogP contribution is 2.25. The Morgan fingerprint density at radius 2 is 1.55 bits per heavy atom. The summed E-state index contributed by atoms with van der Waals surface area (Å²) in [4.78, 5) is 12.6. The highest BCUT2D eigenvalue weighted by Gasteiger charge is 2.27. The summed E-state index contributed by atoms with van der Waals surface area (Å²) in [6, 6.07) is 18.5. The maximum Gasteiger partial charge on any atom is 0.282 e. The number of hydrogen-bond donors (Lipinski definition) is 0. The molecule has 1 aliphatic heterocycles. The number of carbonyl (C=O) groups is 1. The van der Waals surface area contributed by atoms with Crippen molar-refractivity contribution in [3.05, 3.63) is 71.8 Å². The monoisotopic (exact) mass is 283 g/mol. The molecular weight excluding hydrogens is 270 g/mol. The molecule has 1 amide bonds. The van der Waals surface area contributed by atoms with Crippen molar-refractivity contribution in [1.82, 2.24) is 0 Å². The van der Waals surface area contributed by atoms with Crippen LogP contribution in [-0.4, -0.2) is 15.9 Å². The zero-order chi connectivity index (χ0) is 14.0. The molecule has 0 saturated carbocycles. The maximum atomic E-state index is 12.8. The van der Waals surface area contributed by atoms with E-state index in [0.29, 0.717) is 10.5 Å². The van der Waals surface area contributed by atoms with Crippen LogP contribution in [0.2, 0.25) is 0 Å². The van der Waals surface area contributed by atoms with Crippen molar-refractivity contribution in [1.29, 1.82) is 0 Å². The first kappa shape index (κ1) is 12.8. The molecule has 0 radical (unpaired) electrons. The van der Waals surface area contributed by atoms with Gasteiger partial charge in [0.2, 0.25) is 0 Å². The van der Waals surface area contributed by atoms with Crippen molar-refractivity contribution >= 4 is 21.7 Å². The molecule has 1 unspecified atom stereocenters. The molecule has 0 saturated heterocycles. The molecule has 2 aromatic rings. The number of amides is 1. The zero-order valence-corrected chi connectivity index (χ0v) is 11.5. The SMILES string of the molecule is O=C1N=S(=O)(c2ccccc2)C/C1=C\c1ccccc1. The third-order valence-corrected chi connectivity index (χ3v) is 5.28. The quantitative estimate of drug-likeness (QED) is 0.795. The second-order valence-electron chi connectivity index (χ2n) is 4.57. The molecule has 1 heterocycles. The van der Waals surface area contributed by atoms with Gasteiger partial charge in [-0.05, 0) is 23.8 Å².